The van der Waals surface area contributed by atoms with Gasteiger partial charge in [0.2, 0.25) is 0 Å². The van der Waals surface area contributed by atoms with Crippen molar-refractivity contribution >= 4 is 17.6 Å². The molecule has 0 aliphatic carbocycles. The fourth-order valence-electron chi connectivity index (χ4n) is 0.495. The summed E-state index contributed by atoms with van der Waals surface area (Å²) in [5.74, 6) is -0.450. The van der Waals surface area contributed by atoms with Gasteiger partial charge in [-0.2, -0.15) is 0 Å². The fraction of sp³-hybridized carbons (Fsp3) is 0.625. The molecular weight excluding hydrogens is 164 g/mol. The minimum absolute atomic E-state index is 0.276. The second-order valence-electron chi connectivity index (χ2n) is 3.33. The minimum atomic E-state index is -0.625. The maximum atomic E-state index is 11.0. The largest absolute Gasteiger partial charge is 0.434 e. The van der Waals surface area contributed by atoms with Crippen LogP contribution in [-0.4, -0.2) is 11.3 Å². The fourth-order valence-corrected chi connectivity index (χ4v) is 0.547. The lowest BCUT2D eigenvalue weighted by Crippen LogP contribution is -2.29. The van der Waals surface area contributed by atoms with Gasteiger partial charge in [0.05, 0.1) is 6.26 Å². The van der Waals surface area contributed by atoms with Crippen LogP contribution in [0.25, 0.3) is 0 Å². The standard InChI is InChI=1S/C8H13ClO2/c1-5-11-7(10)6(9)8(2,3)4/h5-6H,1H2,2-4H3. The summed E-state index contributed by atoms with van der Waals surface area (Å²) in [4.78, 5) is 11.0. The van der Waals surface area contributed by atoms with Gasteiger partial charge in [0.25, 0.3) is 0 Å². The predicted octanol–water partition coefficient (Wildman–Crippen LogP) is 2.33. The topological polar surface area (TPSA) is 26.3 Å². The summed E-state index contributed by atoms with van der Waals surface area (Å²) in [7, 11) is 0. The summed E-state index contributed by atoms with van der Waals surface area (Å²) >= 11 is 5.76. The first kappa shape index (κ1) is 10.5. The number of hydrogen-bond acceptors (Lipinski definition) is 2. The number of carbonyl (C=O) groups is 1. The van der Waals surface area contributed by atoms with Crippen molar-refractivity contribution in [1.82, 2.24) is 0 Å². The van der Waals surface area contributed by atoms with Gasteiger partial charge in [0, 0.05) is 0 Å². The Hall–Kier alpha value is -0.500. The van der Waals surface area contributed by atoms with E-state index in [4.69, 9.17) is 11.6 Å². The third-order valence-corrected chi connectivity index (χ3v) is 2.00. The average molecular weight is 177 g/mol. The zero-order valence-electron chi connectivity index (χ0n) is 7.06. The van der Waals surface area contributed by atoms with E-state index in [1.807, 2.05) is 20.8 Å². The van der Waals surface area contributed by atoms with Crippen molar-refractivity contribution in [2.75, 3.05) is 0 Å². The molecule has 0 rings (SSSR count). The van der Waals surface area contributed by atoms with Gasteiger partial charge >= 0.3 is 5.97 Å². The Morgan fingerprint density at radius 3 is 2.36 bits per heavy atom. The van der Waals surface area contributed by atoms with E-state index in [1.165, 1.54) is 0 Å². The molecule has 0 aliphatic rings. The van der Waals surface area contributed by atoms with Gasteiger partial charge in [-0.1, -0.05) is 27.4 Å². The van der Waals surface area contributed by atoms with Crippen LogP contribution in [0.3, 0.4) is 0 Å². The molecule has 0 aromatic carbocycles. The molecule has 0 bridgehead atoms. The van der Waals surface area contributed by atoms with Crippen LogP contribution < -0.4 is 0 Å². The van der Waals surface area contributed by atoms with Crippen LogP contribution in [0.15, 0.2) is 12.8 Å². The highest BCUT2D eigenvalue weighted by Crippen LogP contribution is 2.25. The van der Waals surface area contributed by atoms with Gasteiger partial charge in [-0.15, -0.1) is 11.6 Å². The molecule has 0 heterocycles. The van der Waals surface area contributed by atoms with Crippen molar-refractivity contribution in [2.24, 2.45) is 5.41 Å². The molecule has 0 radical (unpaired) electrons. The van der Waals surface area contributed by atoms with Crippen molar-refractivity contribution in [1.29, 1.82) is 0 Å². The van der Waals surface area contributed by atoms with E-state index in [2.05, 4.69) is 11.3 Å². The zero-order valence-corrected chi connectivity index (χ0v) is 7.81. The molecule has 0 aromatic heterocycles. The van der Waals surface area contributed by atoms with Crippen molar-refractivity contribution in [2.45, 2.75) is 26.1 Å². The first-order valence-corrected chi connectivity index (χ1v) is 3.78. The van der Waals surface area contributed by atoms with Crippen LogP contribution in [0, 0.1) is 5.41 Å². The third kappa shape index (κ3) is 3.42. The third-order valence-electron chi connectivity index (χ3n) is 1.17. The van der Waals surface area contributed by atoms with E-state index >= 15 is 0 Å². The summed E-state index contributed by atoms with van der Waals surface area (Å²) in [6, 6.07) is 0. The van der Waals surface area contributed by atoms with Crippen LogP contribution in [0.2, 0.25) is 0 Å². The zero-order chi connectivity index (χ0) is 9.07. The van der Waals surface area contributed by atoms with Gasteiger partial charge in [0.1, 0.15) is 5.38 Å². The van der Waals surface area contributed by atoms with Crippen LogP contribution in [0.1, 0.15) is 20.8 Å². The van der Waals surface area contributed by atoms with Crippen molar-refractivity contribution in [3.8, 4) is 0 Å². The van der Waals surface area contributed by atoms with E-state index in [-0.39, 0.29) is 5.41 Å². The smallest absolute Gasteiger partial charge is 0.329 e. The molecule has 2 nitrogen and oxygen atoms in total. The van der Waals surface area contributed by atoms with Gasteiger partial charge in [-0.05, 0) is 5.41 Å². The summed E-state index contributed by atoms with van der Waals surface area (Å²) < 4.78 is 4.52. The molecule has 0 amide bonds. The molecule has 11 heavy (non-hydrogen) atoms. The Kier molecular flexibility index (Phi) is 3.59. The first-order valence-electron chi connectivity index (χ1n) is 3.35. The van der Waals surface area contributed by atoms with Crippen LogP contribution in [-0.2, 0) is 9.53 Å². The molecule has 0 saturated heterocycles. The van der Waals surface area contributed by atoms with Gasteiger partial charge < -0.3 is 4.74 Å². The Labute approximate surface area is 72.2 Å². The second kappa shape index (κ2) is 3.77. The van der Waals surface area contributed by atoms with Crippen LogP contribution in [0.5, 0.6) is 0 Å². The Bertz CT molecular complexity index is 158. The highest BCUT2D eigenvalue weighted by Gasteiger charge is 2.29. The summed E-state index contributed by atoms with van der Waals surface area (Å²) in [5, 5.41) is -0.625. The molecule has 1 atom stereocenters. The van der Waals surface area contributed by atoms with E-state index in [1.54, 1.807) is 0 Å². The van der Waals surface area contributed by atoms with Gasteiger partial charge in [-0.25, -0.2) is 0 Å². The quantitative estimate of drug-likeness (QED) is 0.367. The molecule has 0 fully saturated rings. The van der Waals surface area contributed by atoms with E-state index in [0.29, 0.717) is 0 Å². The second-order valence-corrected chi connectivity index (χ2v) is 3.77. The molecule has 0 N–H and O–H groups in total. The van der Waals surface area contributed by atoms with Gasteiger partial charge in [-0.3, -0.25) is 4.79 Å². The molecule has 64 valence electrons. The summed E-state index contributed by atoms with van der Waals surface area (Å²) in [5.41, 5.74) is -0.276. The Morgan fingerprint density at radius 1 is 1.64 bits per heavy atom. The predicted molar refractivity (Wildman–Crippen MR) is 45.4 cm³/mol. The number of halogens is 1. The van der Waals surface area contributed by atoms with E-state index in [9.17, 15) is 4.79 Å². The number of hydrogen-bond donors (Lipinski definition) is 0. The van der Waals surface area contributed by atoms with Crippen molar-refractivity contribution < 1.29 is 9.53 Å². The normalized spacial score (nSPS) is 13.8. The number of esters is 1. The summed E-state index contributed by atoms with van der Waals surface area (Å²) in [6.07, 6.45) is 1.09. The molecule has 1 unspecified atom stereocenters. The Morgan fingerprint density at radius 2 is 2.09 bits per heavy atom. The lowest BCUT2D eigenvalue weighted by Gasteiger charge is -2.22. The lowest BCUT2D eigenvalue weighted by molar-refractivity contribution is -0.139. The number of alkyl halides is 1. The van der Waals surface area contributed by atoms with Gasteiger partial charge in [0.15, 0.2) is 0 Å². The van der Waals surface area contributed by atoms with Crippen molar-refractivity contribution in [3.63, 3.8) is 0 Å². The number of carbonyl (C=O) groups excluding carboxylic acids is 1. The molecule has 0 saturated carbocycles. The molecule has 0 aliphatic heterocycles. The van der Waals surface area contributed by atoms with E-state index < -0.39 is 11.3 Å². The first-order chi connectivity index (χ1) is 4.89. The molecule has 0 spiro atoms. The van der Waals surface area contributed by atoms with Crippen LogP contribution in [0.4, 0.5) is 0 Å². The average Bonchev–Trinajstić information content (AvgIpc) is 1.85. The monoisotopic (exact) mass is 176 g/mol. The maximum Gasteiger partial charge on any atom is 0.329 e. The maximum absolute atomic E-state index is 11.0. The number of ether oxygens (including phenoxy) is 1. The van der Waals surface area contributed by atoms with Crippen molar-refractivity contribution in [3.05, 3.63) is 12.8 Å². The minimum Gasteiger partial charge on any atom is -0.434 e. The highest BCUT2D eigenvalue weighted by atomic mass is 35.5. The molecular formula is C8H13ClO2. The highest BCUT2D eigenvalue weighted by molar-refractivity contribution is 6.30. The van der Waals surface area contributed by atoms with Crippen LogP contribution >= 0.6 is 11.6 Å². The molecule has 0 aromatic rings. The Balaban J connectivity index is 4.13. The SMILES string of the molecule is C=COC(=O)C(Cl)C(C)(C)C. The summed E-state index contributed by atoms with van der Waals surface area (Å²) in [6.45, 7) is 8.87. The molecule has 3 heteroatoms. The lowest BCUT2D eigenvalue weighted by atomic mass is 9.92. The van der Waals surface area contributed by atoms with E-state index in [0.717, 1.165) is 6.26 Å². The number of rotatable bonds is 2.